The van der Waals surface area contributed by atoms with Gasteiger partial charge in [-0.25, -0.2) is 4.99 Å². The first kappa shape index (κ1) is 26.7. The van der Waals surface area contributed by atoms with E-state index in [4.69, 9.17) is 4.74 Å². The number of ether oxygens (including phenoxy) is 1. The molecule has 2 fully saturated rings. The highest BCUT2D eigenvalue weighted by atomic mass is 127. The van der Waals surface area contributed by atoms with Gasteiger partial charge in [0.2, 0.25) is 5.91 Å². The number of hydrogen-bond donors (Lipinski definition) is 2. The van der Waals surface area contributed by atoms with Crippen molar-refractivity contribution in [3.8, 4) is 0 Å². The van der Waals surface area contributed by atoms with Crippen LogP contribution in [0.1, 0.15) is 43.2 Å². The highest BCUT2D eigenvalue weighted by Crippen LogP contribution is 2.44. The molecule has 1 saturated carbocycles. The summed E-state index contributed by atoms with van der Waals surface area (Å²) in [7, 11) is 3.34. The van der Waals surface area contributed by atoms with Crippen LogP contribution in [0.5, 0.6) is 0 Å². The maximum absolute atomic E-state index is 13.2. The molecule has 1 saturated heterocycles. The molecular weight excluding hydrogens is 536 g/mol. The Kier molecular flexibility index (Phi) is 9.62. The van der Waals surface area contributed by atoms with E-state index in [0.717, 1.165) is 44.8 Å². The van der Waals surface area contributed by atoms with E-state index in [2.05, 4.69) is 15.6 Å². The van der Waals surface area contributed by atoms with E-state index in [1.807, 2.05) is 0 Å². The molecule has 10 heteroatoms. The third-order valence-corrected chi connectivity index (χ3v) is 6.10. The number of carbonyl (C=O) groups is 1. The van der Waals surface area contributed by atoms with Crippen LogP contribution < -0.4 is 10.6 Å². The lowest BCUT2D eigenvalue weighted by Crippen LogP contribution is -2.50. The summed E-state index contributed by atoms with van der Waals surface area (Å²) in [4.78, 5) is 17.8. The summed E-state index contributed by atoms with van der Waals surface area (Å²) < 4.78 is 45.2. The first-order chi connectivity index (χ1) is 14.7. The van der Waals surface area contributed by atoms with E-state index >= 15 is 0 Å². The number of rotatable bonds is 7. The number of carbonyl (C=O) groups excluding carboxylic acids is 1. The molecule has 1 amide bonds. The van der Waals surface area contributed by atoms with Crippen molar-refractivity contribution in [2.24, 2.45) is 4.99 Å². The van der Waals surface area contributed by atoms with E-state index in [-0.39, 0.29) is 47.9 Å². The Morgan fingerprint density at radius 1 is 1.25 bits per heavy atom. The minimum atomic E-state index is -4.36. The van der Waals surface area contributed by atoms with Gasteiger partial charge in [-0.2, -0.15) is 13.2 Å². The number of halogens is 4. The lowest BCUT2D eigenvalue weighted by molar-refractivity contribution is -0.137. The molecule has 6 nitrogen and oxygen atoms in total. The van der Waals surface area contributed by atoms with Gasteiger partial charge in [0, 0.05) is 39.2 Å². The van der Waals surface area contributed by atoms with Gasteiger partial charge in [-0.15, -0.1) is 24.0 Å². The summed E-state index contributed by atoms with van der Waals surface area (Å²) in [5, 5.41) is 6.50. The normalized spacial score (nSPS) is 20.2. The molecule has 1 unspecified atom stereocenters. The van der Waals surface area contributed by atoms with Crippen LogP contribution in [-0.2, 0) is 21.1 Å². The van der Waals surface area contributed by atoms with E-state index in [9.17, 15) is 18.0 Å². The third kappa shape index (κ3) is 6.97. The predicted octanol–water partition coefficient (Wildman–Crippen LogP) is 3.55. The monoisotopic (exact) mass is 568 g/mol. The quantitative estimate of drug-likeness (QED) is 0.300. The number of likely N-dealkylation sites (N-methyl/N-ethyl adjacent to an activating group) is 1. The SMILES string of the molecule is CN(C)C(=O)CN=C(NCC1CCCO1)NCC1(c2cccc(C(F)(F)F)c2)CCC1.I. The van der Waals surface area contributed by atoms with Crippen LogP contribution in [0.3, 0.4) is 0 Å². The molecule has 0 spiro atoms. The standard InChI is InChI=1S/C22H31F3N4O2.HI/c1-29(2)19(30)14-27-20(26-13-18-8-4-11-31-18)28-15-21(9-5-10-21)16-6-3-7-17(12-16)22(23,24)25;/h3,6-7,12,18H,4-5,8-11,13-15H2,1-2H3,(H2,26,27,28);1H. The van der Waals surface area contributed by atoms with Crippen LogP contribution in [0, 0.1) is 0 Å². The molecule has 180 valence electrons. The second-order valence-corrected chi connectivity index (χ2v) is 8.53. The number of guanidine groups is 1. The van der Waals surface area contributed by atoms with Crippen molar-refractivity contribution in [1.82, 2.24) is 15.5 Å². The lowest BCUT2D eigenvalue weighted by Gasteiger charge is -2.43. The second-order valence-electron chi connectivity index (χ2n) is 8.53. The van der Waals surface area contributed by atoms with E-state index in [1.54, 1.807) is 20.2 Å². The van der Waals surface area contributed by atoms with Gasteiger partial charge in [0.15, 0.2) is 5.96 Å². The molecule has 1 aliphatic heterocycles. The van der Waals surface area contributed by atoms with Crippen LogP contribution in [0.15, 0.2) is 29.3 Å². The molecule has 1 atom stereocenters. The molecule has 2 N–H and O–H groups in total. The minimum Gasteiger partial charge on any atom is -0.376 e. The fourth-order valence-corrected chi connectivity index (χ4v) is 3.93. The molecule has 32 heavy (non-hydrogen) atoms. The van der Waals surface area contributed by atoms with Crippen molar-refractivity contribution < 1.29 is 22.7 Å². The van der Waals surface area contributed by atoms with Crippen molar-refractivity contribution in [2.75, 3.05) is 40.3 Å². The van der Waals surface area contributed by atoms with Crippen LogP contribution in [-0.4, -0.2) is 63.2 Å². The van der Waals surface area contributed by atoms with Crippen LogP contribution in [0.4, 0.5) is 13.2 Å². The van der Waals surface area contributed by atoms with Gasteiger partial charge in [0.25, 0.3) is 0 Å². The van der Waals surface area contributed by atoms with Gasteiger partial charge in [-0.3, -0.25) is 4.79 Å². The average Bonchev–Trinajstić information content (AvgIpc) is 3.21. The van der Waals surface area contributed by atoms with E-state index in [0.29, 0.717) is 24.6 Å². The van der Waals surface area contributed by atoms with E-state index in [1.165, 1.54) is 17.0 Å². The van der Waals surface area contributed by atoms with Crippen LogP contribution in [0.2, 0.25) is 0 Å². The van der Waals surface area contributed by atoms with Crippen LogP contribution >= 0.6 is 24.0 Å². The molecule has 1 aromatic carbocycles. The van der Waals surface area contributed by atoms with Crippen LogP contribution in [0.25, 0.3) is 0 Å². The zero-order valence-electron chi connectivity index (χ0n) is 18.5. The van der Waals surface area contributed by atoms with Gasteiger partial charge >= 0.3 is 6.18 Å². The number of nitrogens with zero attached hydrogens (tertiary/aromatic N) is 2. The summed E-state index contributed by atoms with van der Waals surface area (Å²) in [5.74, 6) is 0.346. The maximum Gasteiger partial charge on any atom is 0.416 e. The molecule has 2 aliphatic rings. The van der Waals surface area contributed by atoms with Crippen molar-refractivity contribution in [1.29, 1.82) is 0 Å². The molecule has 3 rings (SSSR count). The smallest absolute Gasteiger partial charge is 0.376 e. The van der Waals surface area contributed by atoms with Crippen molar-refractivity contribution in [3.05, 3.63) is 35.4 Å². The Bertz CT molecular complexity index is 792. The highest BCUT2D eigenvalue weighted by Gasteiger charge is 2.40. The molecule has 0 aromatic heterocycles. The number of benzene rings is 1. The number of amides is 1. The maximum atomic E-state index is 13.2. The van der Waals surface area contributed by atoms with Gasteiger partial charge < -0.3 is 20.3 Å². The summed E-state index contributed by atoms with van der Waals surface area (Å²) in [6.07, 6.45) is 0.282. The highest BCUT2D eigenvalue weighted by molar-refractivity contribution is 14.0. The average molecular weight is 568 g/mol. The first-order valence-electron chi connectivity index (χ1n) is 10.7. The molecule has 1 aliphatic carbocycles. The van der Waals surface area contributed by atoms with E-state index < -0.39 is 11.7 Å². The number of nitrogens with one attached hydrogen (secondary N) is 2. The molecular formula is C22H32F3IN4O2. The molecule has 0 radical (unpaired) electrons. The minimum absolute atomic E-state index is 0. The molecule has 0 bridgehead atoms. The Labute approximate surface area is 204 Å². The zero-order valence-corrected chi connectivity index (χ0v) is 20.8. The summed E-state index contributed by atoms with van der Waals surface area (Å²) in [5.41, 5.74) is -0.318. The number of hydrogen-bond acceptors (Lipinski definition) is 3. The summed E-state index contributed by atoms with van der Waals surface area (Å²) >= 11 is 0. The van der Waals surface area contributed by atoms with Crippen molar-refractivity contribution in [3.63, 3.8) is 0 Å². The van der Waals surface area contributed by atoms with Crippen molar-refractivity contribution in [2.45, 2.75) is 49.8 Å². The first-order valence-corrected chi connectivity index (χ1v) is 10.7. The van der Waals surface area contributed by atoms with Gasteiger partial charge in [-0.05, 0) is 37.3 Å². The number of alkyl halides is 3. The Hall–Kier alpha value is -1.56. The largest absolute Gasteiger partial charge is 0.416 e. The van der Waals surface area contributed by atoms with Gasteiger partial charge in [-0.1, -0.05) is 24.6 Å². The van der Waals surface area contributed by atoms with Gasteiger partial charge in [0.05, 0.1) is 11.7 Å². The van der Waals surface area contributed by atoms with Crippen molar-refractivity contribution >= 4 is 35.8 Å². The fourth-order valence-electron chi connectivity index (χ4n) is 3.93. The third-order valence-electron chi connectivity index (χ3n) is 6.10. The Morgan fingerprint density at radius 2 is 2.00 bits per heavy atom. The molecule has 1 heterocycles. The second kappa shape index (κ2) is 11.5. The Morgan fingerprint density at radius 3 is 2.56 bits per heavy atom. The fraction of sp³-hybridized carbons (Fsp3) is 0.636. The molecule has 1 aromatic rings. The number of aliphatic imine (C=N–C) groups is 1. The topological polar surface area (TPSA) is 66.0 Å². The Balaban J connectivity index is 0.00000363. The van der Waals surface area contributed by atoms with Gasteiger partial charge in [0.1, 0.15) is 6.54 Å². The predicted molar refractivity (Wildman–Crippen MR) is 128 cm³/mol. The summed E-state index contributed by atoms with van der Waals surface area (Å²) in [6, 6.07) is 5.60. The summed E-state index contributed by atoms with van der Waals surface area (Å²) in [6.45, 7) is 1.74. The lowest BCUT2D eigenvalue weighted by atomic mass is 9.64. The zero-order chi connectivity index (χ0) is 22.5.